The van der Waals surface area contributed by atoms with Gasteiger partial charge in [0, 0.05) is 13.1 Å². The van der Waals surface area contributed by atoms with E-state index >= 15 is 0 Å². The third-order valence-corrected chi connectivity index (χ3v) is 5.91. The van der Waals surface area contributed by atoms with E-state index in [1.165, 1.54) is 19.2 Å². The molecule has 2 aromatic rings. The number of rotatable bonds is 9. The highest BCUT2D eigenvalue weighted by Gasteiger charge is 2.29. The smallest absolute Gasteiger partial charge is 0.264 e. The van der Waals surface area contributed by atoms with Gasteiger partial charge >= 0.3 is 0 Å². The number of carbonyl (C=O) groups excluding carboxylic acids is 1. The number of ether oxygens (including phenoxy) is 1. The van der Waals surface area contributed by atoms with Crippen LogP contribution >= 0.6 is 0 Å². The van der Waals surface area contributed by atoms with Crippen LogP contribution in [0.1, 0.15) is 5.56 Å². The highest BCUT2D eigenvalue weighted by molar-refractivity contribution is 7.92. The van der Waals surface area contributed by atoms with Crippen LogP contribution in [0, 0.1) is 6.92 Å². The zero-order valence-corrected chi connectivity index (χ0v) is 17.5. The van der Waals surface area contributed by atoms with Gasteiger partial charge in [0.1, 0.15) is 12.3 Å². The van der Waals surface area contributed by atoms with Crippen molar-refractivity contribution in [3.05, 3.63) is 54.1 Å². The zero-order valence-electron chi connectivity index (χ0n) is 16.7. The molecule has 7 nitrogen and oxygen atoms in total. The first-order valence-electron chi connectivity index (χ1n) is 8.89. The summed E-state index contributed by atoms with van der Waals surface area (Å²) < 4.78 is 33.0. The zero-order chi connectivity index (χ0) is 20.7. The maximum absolute atomic E-state index is 13.3. The van der Waals surface area contributed by atoms with E-state index in [0.29, 0.717) is 24.5 Å². The van der Waals surface area contributed by atoms with Crippen LogP contribution in [0.15, 0.2) is 53.4 Å². The minimum absolute atomic E-state index is 0.116. The largest absolute Gasteiger partial charge is 0.495 e. The third kappa shape index (κ3) is 5.46. The number of nitrogens with zero attached hydrogens (tertiary/aromatic N) is 2. The fourth-order valence-corrected chi connectivity index (χ4v) is 4.01. The molecule has 1 amide bonds. The van der Waals surface area contributed by atoms with Crippen molar-refractivity contribution < 1.29 is 17.9 Å². The Balaban J connectivity index is 2.38. The molecule has 0 atom stereocenters. The van der Waals surface area contributed by atoms with Crippen LogP contribution in [0.5, 0.6) is 5.75 Å². The predicted octanol–water partition coefficient (Wildman–Crippen LogP) is 1.88. The molecule has 0 radical (unpaired) electrons. The first kappa shape index (κ1) is 21.7. The molecule has 0 bridgehead atoms. The SMILES string of the molecule is COc1ccccc1N(CC(=O)NCCN(C)C)S(=O)(=O)c1ccc(C)cc1. The van der Waals surface area contributed by atoms with Crippen molar-refractivity contribution in [1.82, 2.24) is 10.2 Å². The molecule has 0 aliphatic heterocycles. The number of carbonyl (C=O) groups is 1. The average molecular weight is 406 g/mol. The molecule has 2 rings (SSSR count). The van der Waals surface area contributed by atoms with E-state index in [0.717, 1.165) is 9.87 Å². The Morgan fingerprint density at radius 1 is 1.07 bits per heavy atom. The number of sulfonamides is 1. The van der Waals surface area contributed by atoms with Crippen LogP contribution in [0.3, 0.4) is 0 Å². The first-order chi connectivity index (χ1) is 13.3. The molecule has 8 heteroatoms. The number of benzene rings is 2. The number of nitrogens with one attached hydrogen (secondary N) is 1. The van der Waals surface area contributed by atoms with Crippen LogP contribution in [0.25, 0.3) is 0 Å². The molecule has 0 unspecified atom stereocenters. The Bertz CT molecular complexity index is 896. The van der Waals surface area contributed by atoms with Gasteiger partial charge in [-0.25, -0.2) is 8.42 Å². The van der Waals surface area contributed by atoms with Gasteiger partial charge in [0.05, 0.1) is 17.7 Å². The number of hydrogen-bond donors (Lipinski definition) is 1. The molecule has 0 aliphatic carbocycles. The van der Waals surface area contributed by atoms with E-state index in [1.54, 1.807) is 36.4 Å². The highest BCUT2D eigenvalue weighted by Crippen LogP contribution is 2.32. The molecule has 152 valence electrons. The molecular formula is C20H27N3O4S. The van der Waals surface area contributed by atoms with Gasteiger partial charge in [-0.05, 0) is 45.3 Å². The van der Waals surface area contributed by atoms with Gasteiger partial charge in [0.25, 0.3) is 10.0 Å². The molecule has 0 heterocycles. The lowest BCUT2D eigenvalue weighted by Gasteiger charge is -2.25. The van der Waals surface area contributed by atoms with E-state index in [-0.39, 0.29) is 17.3 Å². The Hall–Kier alpha value is -2.58. The van der Waals surface area contributed by atoms with Crippen molar-refractivity contribution in [2.75, 3.05) is 45.1 Å². The molecule has 0 saturated carbocycles. The van der Waals surface area contributed by atoms with Crippen molar-refractivity contribution in [2.24, 2.45) is 0 Å². The van der Waals surface area contributed by atoms with Gasteiger partial charge in [-0.15, -0.1) is 0 Å². The molecular weight excluding hydrogens is 378 g/mol. The number of amides is 1. The molecule has 0 aliphatic rings. The monoisotopic (exact) mass is 405 g/mol. The van der Waals surface area contributed by atoms with Crippen molar-refractivity contribution in [3.63, 3.8) is 0 Å². The van der Waals surface area contributed by atoms with Crippen LogP contribution in [0.2, 0.25) is 0 Å². The summed E-state index contributed by atoms with van der Waals surface area (Å²) in [5.74, 6) is -0.0114. The Morgan fingerprint density at radius 2 is 1.71 bits per heavy atom. The minimum atomic E-state index is -3.96. The lowest BCUT2D eigenvalue weighted by Crippen LogP contribution is -2.42. The van der Waals surface area contributed by atoms with Crippen LogP contribution in [-0.2, 0) is 14.8 Å². The lowest BCUT2D eigenvalue weighted by atomic mass is 10.2. The number of aryl methyl sites for hydroxylation is 1. The second-order valence-electron chi connectivity index (χ2n) is 6.65. The van der Waals surface area contributed by atoms with Gasteiger partial charge in [-0.2, -0.15) is 0 Å². The molecule has 1 N–H and O–H groups in total. The van der Waals surface area contributed by atoms with Crippen molar-refractivity contribution in [2.45, 2.75) is 11.8 Å². The van der Waals surface area contributed by atoms with Crippen molar-refractivity contribution in [1.29, 1.82) is 0 Å². The van der Waals surface area contributed by atoms with E-state index in [9.17, 15) is 13.2 Å². The number of anilines is 1. The summed E-state index contributed by atoms with van der Waals surface area (Å²) in [6.07, 6.45) is 0. The number of para-hydroxylation sites is 2. The Kier molecular flexibility index (Phi) is 7.42. The standard InChI is InChI=1S/C20H27N3O4S/c1-16-9-11-17(12-10-16)28(25,26)23(15-20(24)21-13-14-22(2)3)18-7-5-6-8-19(18)27-4/h5-12H,13-15H2,1-4H3,(H,21,24). The van der Waals surface area contributed by atoms with E-state index in [1.807, 2.05) is 25.9 Å². The lowest BCUT2D eigenvalue weighted by molar-refractivity contribution is -0.119. The van der Waals surface area contributed by atoms with E-state index < -0.39 is 10.0 Å². The van der Waals surface area contributed by atoms with Crippen LogP contribution in [-0.4, -0.2) is 60.1 Å². The number of likely N-dealkylation sites (N-methyl/N-ethyl adjacent to an activating group) is 1. The normalized spacial score (nSPS) is 11.3. The molecule has 0 fully saturated rings. The Labute approximate surface area is 167 Å². The van der Waals surface area contributed by atoms with Crippen LogP contribution in [0.4, 0.5) is 5.69 Å². The van der Waals surface area contributed by atoms with Gasteiger partial charge in [-0.1, -0.05) is 29.8 Å². The molecule has 0 saturated heterocycles. The van der Waals surface area contributed by atoms with Gasteiger partial charge in [-0.3, -0.25) is 9.10 Å². The fourth-order valence-electron chi connectivity index (χ4n) is 2.58. The number of hydrogen-bond acceptors (Lipinski definition) is 5. The maximum atomic E-state index is 13.3. The average Bonchev–Trinajstić information content (AvgIpc) is 2.66. The van der Waals surface area contributed by atoms with E-state index in [4.69, 9.17) is 4.74 Å². The molecule has 28 heavy (non-hydrogen) atoms. The molecule has 0 aromatic heterocycles. The summed E-state index contributed by atoms with van der Waals surface area (Å²) in [5, 5.41) is 2.76. The van der Waals surface area contributed by atoms with Crippen molar-refractivity contribution in [3.8, 4) is 5.75 Å². The minimum Gasteiger partial charge on any atom is -0.495 e. The topological polar surface area (TPSA) is 79.0 Å². The highest BCUT2D eigenvalue weighted by atomic mass is 32.2. The summed E-state index contributed by atoms with van der Waals surface area (Å²) in [7, 11) is 1.30. The van der Waals surface area contributed by atoms with Crippen molar-refractivity contribution >= 4 is 21.6 Å². The van der Waals surface area contributed by atoms with Gasteiger partial charge in [0.15, 0.2) is 0 Å². The second-order valence-corrected chi connectivity index (χ2v) is 8.51. The van der Waals surface area contributed by atoms with Crippen LogP contribution < -0.4 is 14.4 Å². The number of methoxy groups -OCH3 is 1. The summed E-state index contributed by atoms with van der Waals surface area (Å²) in [6.45, 7) is 2.62. The third-order valence-electron chi connectivity index (χ3n) is 4.13. The molecule has 0 spiro atoms. The first-order valence-corrected chi connectivity index (χ1v) is 10.3. The maximum Gasteiger partial charge on any atom is 0.264 e. The van der Waals surface area contributed by atoms with E-state index in [2.05, 4.69) is 5.32 Å². The fraction of sp³-hybridized carbons (Fsp3) is 0.350. The Morgan fingerprint density at radius 3 is 2.32 bits per heavy atom. The quantitative estimate of drug-likeness (QED) is 0.689. The summed E-state index contributed by atoms with van der Waals surface area (Å²) in [5.41, 5.74) is 1.26. The summed E-state index contributed by atoms with van der Waals surface area (Å²) >= 11 is 0. The second kappa shape index (κ2) is 9.57. The van der Waals surface area contributed by atoms with Gasteiger partial charge in [0.2, 0.25) is 5.91 Å². The molecule has 2 aromatic carbocycles. The summed E-state index contributed by atoms with van der Waals surface area (Å²) in [4.78, 5) is 14.5. The summed E-state index contributed by atoms with van der Waals surface area (Å²) in [6, 6.07) is 13.3. The van der Waals surface area contributed by atoms with Gasteiger partial charge < -0.3 is 15.0 Å². The predicted molar refractivity (Wildman–Crippen MR) is 110 cm³/mol.